The maximum absolute atomic E-state index is 12.6. The maximum atomic E-state index is 12.6. The molecule has 3 aliphatic rings. The number of unbranched alkanes of at least 4 members (excludes halogenated alkanes) is 2. The fraction of sp³-hybridized carbons (Fsp3) is 0.682. The highest BCUT2D eigenvalue weighted by Gasteiger charge is 2.36. The van der Waals surface area contributed by atoms with Crippen LogP contribution in [0.4, 0.5) is 0 Å². The summed E-state index contributed by atoms with van der Waals surface area (Å²) >= 11 is 0. The van der Waals surface area contributed by atoms with Crippen LogP contribution >= 0.6 is 0 Å². The van der Waals surface area contributed by atoms with Crippen LogP contribution in [0.3, 0.4) is 0 Å². The lowest BCUT2D eigenvalue weighted by Gasteiger charge is -2.44. The van der Waals surface area contributed by atoms with Crippen LogP contribution in [0.1, 0.15) is 45.1 Å². The number of benzene rings is 1. The Morgan fingerprint density at radius 1 is 1.10 bits per heavy atom. The monoisotopic (exact) mass is 402 g/mol. The Morgan fingerprint density at radius 2 is 1.90 bits per heavy atom. The van der Waals surface area contributed by atoms with E-state index in [1.165, 1.54) is 18.4 Å². The van der Waals surface area contributed by atoms with Gasteiger partial charge in [-0.3, -0.25) is 19.9 Å². The zero-order valence-electron chi connectivity index (χ0n) is 17.7. The van der Waals surface area contributed by atoms with Gasteiger partial charge in [0.15, 0.2) is 11.5 Å². The minimum atomic E-state index is -0.0485. The van der Waals surface area contributed by atoms with Crippen molar-refractivity contribution >= 4 is 5.91 Å². The quantitative estimate of drug-likeness (QED) is 0.681. The summed E-state index contributed by atoms with van der Waals surface area (Å²) in [5.74, 6) is 1.97. The molecule has 0 aromatic heterocycles. The lowest BCUT2D eigenvalue weighted by molar-refractivity contribution is -0.133. The third kappa shape index (κ3) is 4.85. The lowest BCUT2D eigenvalue weighted by Crippen LogP contribution is -2.68. The molecule has 1 aromatic carbocycles. The van der Waals surface area contributed by atoms with Gasteiger partial charge in [-0.05, 0) is 31.0 Å². The zero-order chi connectivity index (χ0) is 20.2. The summed E-state index contributed by atoms with van der Waals surface area (Å²) < 4.78 is 10.9. The molecule has 1 aromatic rings. The van der Waals surface area contributed by atoms with Gasteiger partial charge in [-0.1, -0.05) is 32.3 Å². The van der Waals surface area contributed by atoms with Gasteiger partial charge in [-0.2, -0.15) is 0 Å². The van der Waals surface area contributed by atoms with E-state index in [1.807, 2.05) is 6.07 Å². The summed E-state index contributed by atoms with van der Waals surface area (Å²) in [4.78, 5) is 17.4. The van der Waals surface area contributed by atoms with Crippen LogP contribution in [0, 0.1) is 5.92 Å². The molecule has 2 N–H and O–H groups in total. The number of fused-ring (bicyclic) bond motifs is 1. The summed E-state index contributed by atoms with van der Waals surface area (Å²) in [5, 5.41) is 6.84. The normalized spacial score (nSPS) is 27.8. The molecule has 29 heavy (non-hydrogen) atoms. The first-order valence-electron chi connectivity index (χ1n) is 11.1. The molecular formula is C22H34N4O3. The fourth-order valence-electron chi connectivity index (χ4n) is 4.54. The van der Waals surface area contributed by atoms with Crippen LogP contribution in [0.2, 0.25) is 0 Å². The van der Waals surface area contributed by atoms with Crippen LogP contribution in [-0.2, 0) is 11.3 Å². The first kappa shape index (κ1) is 20.4. The van der Waals surface area contributed by atoms with Crippen LogP contribution in [-0.4, -0.2) is 61.0 Å². The molecule has 7 heteroatoms. The lowest BCUT2D eigenvalue weighted by atomic mass is 9.92. The Labute approximate surface area is 173 Å². The van der Waals surface area contributed by atoms with Crippen molar-refractivity contribution in [2.24, 2.45) is 5.92 Å². The number of nitrogens with zero attached hydrogens (tertiary/aromatic N) is 2. The van der Waals surface area contributed by atoms with Gasteiger partial charge in [-0.25, -0.2) is 0 Å². The van der Waals surface area contributed by atoms with Gasteiger partial charge in [0.1, 0.15) is 6.29 Å². The van der Waals surface area contributed by atoms with Gasteiger partial charge < -0.3 is 14.8 Å². The van der Waals surface area contributed by atoms with Crippen molar-refractivity contribution in [1.82, 2.24) is 20.4 Å². The average Bonchev–Trinajstić information content (AvgIpc) is 3.18. The van der Waals surface area contributed by atoms with Crippen LogP contribution < -0.4 is 20.1 Å². The summed E-state index contributed by atoms with van der Waals surface area (Å²) in [6, 6.07) is 6.41. The van der Waals surface area contributed by atoms with Crippen molar-refractivity contribution in [2.45, 2.75) is 58.4 Å². The molecule has 0 aliphatic carbocycles. The standard InChI is InChI=1S/C22H34N4O3/c1-3-4-5-6-18-16(2)23-22(24-21(18)27)26-11-9-25(10-12-26)14-17-7-8-19-20(13-17)29-15-28-19/h7-8,13,16,18,22-23H,3-6,9-12,14-15H2,1-2H3,(H,24,27). The molecule has 2 saturated heterocycles. The molecule has 1 amide bonds. The van der Waals surface area contributed by atoms with E-state index in [1.54, 1.807) is 0 Å². The number of rotatable bonds is 7. The maximum Gasteiger partial charge on any atom is 0.231 e. The molecule has 0 radical (unpaired) electrons. The largest absolute Gasteiger partial charge is 0.454 e. The van der Waals surface area contributed by atoms with Gasteiger partial charge in [0, 0.05) is 38.8 Å². The van der Waals surface area contributed by atoms with E-state index in [-0.39, 0.29) is 24.2 Å². The summed E-state index contributed by atoms with van der Waals surface area (Å²) in [6.07, 6.45) is 4.45. The van der Waals surface area contributed by atoms with Crippen molar-refractivity contribution in [3.63, 3.8) is 0 Å². The van der Waals surface area contributed by atoms with Gasteiger partial charge in [-0.15, -0.1) is 0 Å². The highest BCUT2D eigenvalue weighted by molar-refractivity contribution is 5.80. The highest BCUT2D eigenvalue weighted by atomic mass is 16.7. The minimum absolute atomic E-state index is 0.0485. The Kier molecular flexibility index (Phi) is 6.57. The average molecular weight is 403 g/mol. The van der Waals surface area contributed by atoms with Crippen LogP contribution in [0.25, 0.3) is 0 Å². The number of piperazine rings is 1. The molecular weight excluding hydrogens is 368 g/mol. The molecule has 3 atom stereocenters. The van der Waals surface area contributed by atoms with Crippen LogP contribution in [0.5, 0.6) is 11.5 Å². The van der Waals surface area contributed by atoms with E-state index in [9.17, 15) is 4.79 Å². The fourth-order valence-corrected chi connectivity index (χ4v) is 4.54. The number of hydrogen-bond acceptors (Lipinski definition) is 6. The predicted octanol–water partition coefficient (Wildman–Crippen LogP) is 2.12. The van der Waals surface area contributed by atoms with Gasteiger partial charge in [0.05, 0.1) is 5.92 Å². The molecule has 2 fully saturated rings. The molecule has 0 spiro atoms. The molecule has 160 valence electrons. The van der Waals surface area contributed by atoms with Crippen molar-refractivity contribution in [1.29, 1.82) is 0 Å². The van der Waals surface area contributed by atoms with E-state index < -0.39 is 0 Å². The second-order valence-corrected chi connectivity index (χ2v) is 8.47. The number of carbonyl (C=O) groups is 1. The van der Waals surface area contributed by atoms with Crippen molar-refractivity contribution in [3.8, 4) is 11.5 Å². The Bertz CT molecular complexity index is 705. The Balaban J connectivity index is 1.25. The molecule has 3 aliphatic heterocycles. The van der Waals surface area contributed by atoms with Gasteiger partial charge >= 0.3 is 0 Å². The number of carbonyl (C=O) groups excluding carboxylic acids is 1. The van der Waals surface area contributed by atoms with E-state index in [2.05, 4.69) is 46.4 Å². The summed E-state index contributed by atoms with van der Waals surface area (Å²) in [6.45, 7) is 9.42. The second-order valence-electron chi connectivity index (χ2n) is 8.47. The zero-order valence-corrected chi connectivity index (χ0v) is 17.7. The summed E-state index contributed by atoms with van der Waals surface area (Å²) in [5.41, 5.74) is 1.25. The molecule has 3 heterocycles. The Hall–Kier alpha value is -1.83. The first-order valence-corrected chi connectivity index (χ1v) is 11.1. The van der Waals surface area contributed by atoms with E-state index >= 15 is 0 Å². The van der Waals surface area contributed by atoms with Crippen molar-refractivity contribution in [3.05, 3.63) is 23.8 Å². The Morgan fingerprint density at radius 3 is 2.66 bits per heavy atom. The van der Waals surface area contributed by atoms with Gasteiger partial charge in [0.25, 0.3) is 0 Å². The van der Waals surface area contributed by atoms with Crippen molar-refractivity contribution < 1.29 is 14.3 Å². The third-order valence-electron chi connectivity index (χ3n) is 6.37. The van der Waals surface area contributed by atoms with E-state index in [0.29, 0.717) is 6.79 Å². The number of amides is 1. The SMILES string of the molecule is CCCCCC1C(=O)NC(N2CCN(Cc3ccc4c(c3)OCO4)CC2)NC1C. The van der Waals surface area contributed by atoms with E-state index in [4.69, 9.17) is 9.47 Å². The first-order chi connectivity index (χ1) is 14.1. The second kappa shape index (κ2) is 9.32. The molecule has 0 saturated carbocycles. The summed E-state index contributed by atoms with van der Waals surface area (Å²) in [7, 11) is 0. The number of nitrogens with one attached hydrogen (secondary N) is 2. The number of hydrogen-bond donors (Lipinski definition) is 2. The van der Waals surface area contributed by atoms with E-state index in [0.717, 1.165) is 57.1 Å². The molecule has 4 rings (SSSR count). The third-order valence-corrected chi connectivity index (χ3v) is 6.37. The van der Waals surface area contributed by atoms with Crippen LogP contribution in [0.15, 0.2) is 18.2 Å². The molecule has 7 nitrogen and oxygen atoms in total. The number of ether oxygens (including phenoxy) is 2. The molecule has 3 unspecified atom stereocenters. The van der Waals surface area contributed by atoms with Gasteiger partial charge in [0.2, 0.25) is 12.7 Å². The smallest absolute Gasteiger partial charge is 0.231 e. The predicted molar refractivity (Wildman–Crippen MR) is 112 cm³/mol. The van der Waals surface area contributed by atoms with Crippen molar-refractivity contribution in [2.75, 3.05) is 33.0 Å². The molecule has 0 bridgehead atoms. The highest BCUT2D eigenvalue weighted by Crippen LogP contribution is 2.32. The topological polar surface area (TPSA) is 66.1 Å². The minimum Gasteiger partial charge on any atom is -0.454 e.